The maximum absolute atomic E-state index is 11.8. The van der Waals surface area contributed by atoms with Gasteiger partial charge in [0.05, 0.1) is 45.2 Å². The van der Waals surface area contributed by atoms with E-state index in [0.29, 0.717) is 26.2 Å². The molecule has 0 aromatic heterocycles. The molecule has 7 atom stereocenters. The molecule has 54 heavy (non-hydrogen) atoms. The van der Waals surface area contributed by atoms with E-state index in [0.717, 1.165) is 29.7 Å². The molecule has 10 heteroatoms. The van der Waals surface area contributed by atoms with Crippen LogP contribution < -0.4 is 4.74 Å². The molecule has 0 radical (unpaired) electrons. The highest BCUT2D eigenvalue weighted by Gasteiger charge is 2.40. The number of aliphatic hydroxyl groups is 1. The van der Waals surface area contributed by atoms with Crippen molar-refractivity contribution in [2.75, 3.05) is 27.6 Å². The summed E-state index contributed by atoms with van der Waals surface area (Å²) in [5.74, 6) is 6.99. The van der Waals surface area contributed by atoms with E-state index in [4.69, 9.17) is 32.5 Å². The second-order valence-electron chi connectivity index (χ2n) is 16.8. The Morgan fingerprint density at radius 2 is 1.46 bits per heavy atom. The van der Waals surface area contributed by atoms with Crippen LogP contribution in [0.15, 0.2) is 66.7 Å². The monoisotopic (exact) mass is 784 g/mol. The lowest BCUT2D eigenvalue weighted by Gasteiger charge is -2.39. The van der Waals surface area contributed by atoms with Crippen LogP contribution in [0.4, 0.5) is 0 Å². The molecule has 8 nitrogen and oxygen atoms in total. The Morgan fingerprint density at radius 1 is 0.815 bits per heavy atom. The zero-order chi connectivity index (χ0) is 40.4. The van der Waals surface area contributed by atoms with Gasteiger partial charge in [0.15, 0.2) is 16.6 Å². The van der Waals surface area contributed by atoms with Gasteiger partial charge >= 0.3 is 0 Å². The highest BCUT2D eigenvalue weighted by Crippen LogP contribution is 2.38. The maximum Gasteiger partial charge on any atom is 0.193 e. The average Bonchev–Trinajstić information content (AvgIpc) is 3.12. The molecule has 0 aliphatic rings. The van der Waals surface area contributed by atoms with Gasteiger partial charge in [-0.3, -0.25) is 0 Å². The average molecular weight is 785 g/mol. The third kappa shape index (κ3) is 17.7. The fourth-order valence-electron chi connectivity index (χ4n) is 5.75. The predicted octanol–water partition coefficient (Wildman–Crippen LogP) is 9.78. The second-order valence-corrected chi connectivity index (χ2v) is 26.0. The van der Waals surface area contributed by atoms with Crippen LogP contribution in [0.3, 0.4) is 0 Å². The van der Waals surface area contributed by atoms with Crippen molar-refractivity contribution < 1.29 is 37.6 Å². The standard InChI is InChI=1S/C44H72O8Si2/c1-14-19-39(50-33-46-7)30-40(51-54(12,13)44(4,5)6)27-28-41(45)34(2)43(52-53(9,10)11)35(3)42(49-32-36-20-16-15-17-21-36)22-18-29-48-31-37-23-25-38(47-8)26-24-37/h15-18,20-26,34-35,39-43,45H,14,19,29-33H2,1-13H3/b22-18+/t34-,35-,39+,40-,41-,42+,43+/m1/s1. The number of rotatable bonds is 24. The Balaban J connectivity index is 2.37. The normalized spacial score (nSPS) is 16.6. The molecule has 304 valence electrons. The topological polar surface area (TPSA) is 84.8 Å². The summed E-state index contributed by atoms with van der Waals surface area (Å²) >= 11 is 0. The Labute approximate surface area is 330 Å². The first kappa shape index (κ1) is 47.8. The van der Waals surface area contributed by atoms with Crippen LogP contribution in [0.1, 0.15) is 71.9 Å². The smallest absolute Gasteiger partial charge is 0.193 e. The summed E-state index contributed by atoms with van der Waals surface area (Å²) in [6, 6.07) is 18.0. The molecule has 0 bridgehead atoms. The van der Waals surface area contributed by atoms with E-state index >= 15 is 0 Å². The quantitative estimate of drug-likeness (QED) is 0.0371. The lowest BCUT2D eigenvalue weighted by atomic mass is 9.86. The Bertz CT molecular complexity index is 1390. The fraction of sp³-hybridized carbons (Fsp3) is 0.636. The van der Waals surface area contributed by atoms with Gasteiger partial charge in [0, 0.05) is 25.4 Å². The Kier molecular flexibility index (Phi) is 21.0. The molecular weight excluding hydrogens is 713 g/mol. The summed E-state index contributed by atoms with van der Waals surface area (Å²) in [7, 11) is -0.963. The molecule has 1 N–H and O–H groups in total. The molecule has 0 aliphatic heterocycles. The van der Waals surface area contributed by atoms with Gasteiger partial charge in [-0.15, -0.1) is 0 Å². The third-order valence-electron chi connectivity index (χ3n) is 9.94. The van der Waals surface area contributed by atoms with Gasteiger partial charge in [-0.1, -0.05) is 114 Å². The van der Waals surface area contributed by atoms with E-state index < -0.39 is 28.8 Å². The van der Waals surface area contributed by atoms with Gasteiger partial charge in [-0.25, -0.2) is 0 Å². The SMILES string of the molecule is CCC[C@@H](C[C@@H](C#C[C@@H](O)[C@@H](C)[C@H](O[Si](C)(C)C)[C@H](C)[C@H](/C=C/COCc1ccc(OC)cc1)OCc1ccccc1)O[Si](C)(C)C(C)(C)C)OCOC. The Hall–Kier alpha value is -2.31. The zero-order valence-electron chi connectivity index (χ0n) is 35.6. The summed E-state index contributed by atoms with van der Waals surface area (Å²) in [4.78, 5) is 0. The molecule has 0 aliphatic carbocycles. The minimum Gasteiger partial charge on any atom is -0.497 e. The van der Waals surface area contributed by atoms with Crippen molar-refractivity contribution in [1.29, 1.82) is 0 Å². The molecule has 0 heterocycles. The van der Waals surface area contributed by atoms with Crippen molar-refractivity contribution in [3.63, 3.8) is 0 Å². The number of aliphatic hydroxyl groups excluding tert-OH is 1. The minimum atomic E-state index is -2.18. The molecule has 0 fully saturated rings. The molecule has 0 amide bonds. The molecule has 2 aromatic rings. The van der Waals surface area contributed by atoms with Crippen molar-refractivity contribution in [3.8, 4) is 17.6 Å². The fourth-order valence-corrected chi connectivity index (χ4v) is 8.21. The lowest BCUT2D eigenvalue weighted by molar-refractivity contribution is -0.0826. The predicted molar refractivity (Wildman–Crippen MR) is 225 cm³/mol. The molecular formula is C44H72O8Si2. The zero-order valence-corrected chi connectivity index (χ0v) is 37.6. The van der Waals surface area contributed by atoms with E-state index in [1.54, 1.807) is 14.2 Å². The van der Waals surface area contributed by atoms with Gasteiger partial charge in [-0.2, -0.15) is 0 Å². The van der Waals surface area contributed by atoms with Crippen molar-refractivity contribution in [2.45, 2.75) is 142 Å². The Morgan fingerprint density at radius 3 is 2.04 bits per heavy atom. The summed E-state index contributed by atoms with van der Waals surface area (Å²) in [6.07, 6.45) is 4.50. The molecule has 2 rings (SSSR count). The van der Waals surface area contributed by atoms with Crippen molar-refractivity contribution in [2.24, 2.45) is 11.8 Å². The number of hydrogen-bond donors (Lipinski definition) is 1. The molecule has 0 unspecified atom stereocenters. The van der Waals surface area contributed by atoms with E-state index in [9.17, 15) is 5.11 Å². The first-order valence-electron chi connectivity index (χ1n) is 19.6. The first-order chi connectivity index (χ1) is 25.4. The van der Waals surface area contributed by atoms with Gasteiger partial charge in [0.25, 0.3) is 0 Å². The number of benzene rings is 2. The number of methoxy groups -OCH3 is 2. The van der Waals surface area contributed by atoms with Crippen LogP contribution in [-0.4, -0.2) is 79.9 Å². The van der Waals surface area contributed by atoms with Crippen LogP contribution in [0.2, 0.25) is 37.8 Å². The van der Waals surface area contributed by atoms with Crippen LogP contribution in [0.25, 0.3) is 0 Å². The lowest BCUT2D eigenvalue weighted by Crippen LogP contribution is -2.46. The van der Waals surface area contributed by atoms with Crippen molar-refractivity contribution in [3.05, 3.63) is 77.9 Å². The van der Waals surface area contributed by atoms with Gasteiger partial charge in [0.2, 0.25) is 0 Å². The van der Waals surface area contributed by atoms with E-state index in [-0.39, 0.29) is 42.0 Å². The third-order valence-corrected chi connectivity index (χ3v) is 15.4. The second kappa shape index (κ2) is 23.7. The summed E-state index contributed by atoms with van der Waals surface area (Å²) in [5.41, 5.74) is 2.16. The van der Waals surface area contributed by atoms with Gasteiger partial charge in [0.1, 0.15) is 24.8 Å². The van der Waals surface area contributed by atoms with Gasteiger partial charge < -0.3 is 37.6 Å². The van der Waals surface area contributed by atoms with Gasteiger partial charge in [-0.05, 0) is 67.5 Å². The van der Waals surface area contributed by atoms with E-state index in [1.165, 1.54) is 0 Å². The molecule has 0 saturated carbocycles. The van der Waals surface area contributed by atoms with Crippen LogP contribution in [-0.2, 0) is 41.0 Å². The minimum absolute atomic E-state index is 0.00117. The molecule has 2 aromatic carbocycles. The molecule has 0 spiro atoms. The summed E-state index contributed by atoms with van der Waals surface area (Å²) < 4.78 is 42.9. The first-order valence-corrected chi connectivity index (χ1v) is 25.9. The van der Waals surface area contributed by atoms with E-state index in [2.05, 4.69) is 97.4 Å². The largest absolute Gasteiger partial charge is 0.497 e. The van der Waals surface area contributed by atoms with Crippen LogP contribution in [0.5, 0.6) is 5.75 Å². The number of hydrogen-bond acceptors (Lipinski definition) is 8. The highest BCUT2D eigenvalue weighted by molar-refractivity contribution is 6.74. The van der Waals surface area contributed by atoms with E-state index in [1.807, 2.05) is 55.5 Å². The van der Waals surface area contributed by atoms with Crippen molar-refractivity contribution >= 4 is 16.6 Å². The van der Waals surface area contributed by atoms with Crippen LogP contribution in [0, 0.1) is 23.7 Å². The number of ether oxygens (including phenoxy) is 5. The summed E-state index contributed by atoms with van der Waals surface area (Å²) in [6.45, 7) is 25.6. The summed E-state index contributed by atoms with van der Waals surface area (Å²) in [5, 5.41) is 11.8. The maximum atomic E-state index is 11.8. The molecule has 0 saturated heterocycles. The highest BCUT2D eigenvalue weighted by atomic mass is 28.4. The van der Waals surface area contributed by atoms with Crippen LogP contribution >= 0.6 is 0 Å². The van der Waals surface area contributed by atoms with Crippen molar-refractivity contribution in [1.82, 2.24) is 0 Å².